The summed E-state index contributed by atoms with van der Waals surface area (Å²) in [6, 6.07) is 11.2. The van der Waals surface area contributed by atoms with E-state index in [4.69, 9.17) is 9.52 Å². The van der Waals surface area contributed by atoms with Crippen LogP contribution in [0.25, 0.3) is 10.6 Å². The lowest BCUT2D eigenvalue weighted by molar-refractivity contribution is 0.102. The van der Waals surface area contributed by atoms with Gasteiger partial charge in [-0.3, -0.25) is 4.79 Å². The minimum Gasteiger partial charge on any atom is -0.442 e. The van der Waals surface area contributed by atoms with E-state index in [-0.39, 0.29) is 18.2 Å². The highest BCUT2D eigenvalue weighted by atomic mass is 32.1. The molecule has 2 N–H and O–H groups in total. The molecule has 0 spiro atoms. The van der Waals surface area contributed by atoms with E-state index in [1.54, 1.807) is 0 Å². The molecule has 3 rings (SSSR count). The van der Waals surface area contributed by atoms with E-state index in [2.05, 4.69) is 10.3 Å². The second-order valence-corrected chi connectivity index (χ2v) is 6.10. The molecule has 0 aliphatic rings. The second kappa shape index (κ2) is 7.29. The van der Waals surface area contributed by atoms with Crippen molar-refractivity contribution in [1.29, 1.82) is 0 Å². The summed E-state index contributed by atoms with van der Waals surface area (Å²) in [6.45, 7) is 0.640. The summed E-state index contributed by atoms with van der Waals surface area (Å²) >= 11 is 1.49. The fourth-order valence-corrected chi connectivity index (χ4v) is 2.97. The number of carbonyl (C=O) groups excluding carboxylic acids is 1. The van der Waals surface area contributed by atoms with Crippen LogP contribution in [0.4, 0.5) is 11.4 Å². The van der Waals surface area contributed by atoms with Gasteiger partial charge in [-0.25, -0.2) is 4.98 Å². The number of nitrogens with zero attached hydrogens (tertiary/aromatic N) is 2. The van der Waals surface area contributed by atoms with E-state index in [9.17, 15) is 4.79 Å². The first kappa shape index (κ1) is 16.2. The van der Waals surface area contributed by atoms with Crippen LogP contribution in [0.5, 0.6) is 0 Å². The highest BCUT2D eigenvalue weighted by Crippen LogP contribution is 2.28. The molecule has 124 valence electrons. The van der Waals surface area contributed by atoms with Crippen molar-refractivity contribution in [2.24, 2.45) is 0 Å². The molecular weight excluding hydrogens is 326 g/mol. The van der Waals surface area contributed by atoms with Gasteiger partial charge in [0.1, 0.15) is 0 Å². The van der Waals surface area contributed by atoms with Crippen LogP contribution in [-0.2, 0) is 0 Å². The molecule has 3 aromatic rings. The molecule has 0 saturated carbocycles. The van der Waals surface area contributed by atoms with Crippen molar-refractivity contribution >= 4 is 28.6 Å². The van der Waals surface area contributed by atoms with Gasteiger partial charge >= 0.3 is 0 Å². The Hall–Kier alpha value is -2.64. The zero-order valence-corrected chi connectivity index (χ0v) is 13.9. The van der Waals surface area contributed by atoms with Gasteiger partial charge in [-0.2, -0.15) is 0 Å². The Morgan fingerprint density at radius 2 is 2.12 bits per heavy atom. The van der Waals surface area contributed by atoms with E-state index in [1.807, 2.05) is 53.7 Å². The molecule has 2 aromatic heterocycles. The summed E-state index contributed by atoms with van der Waals surface area (Å²) in [5.74, 6) is 0.158. The van der Waals surface area contributed by atoms with Crippen LogP contribution >= 0.6 is 11.3 Å². The van der Waals surface area contributed by atoms with Gasteiger partial charge < -0.3 is 19.7 Å². The van der Waals surface area contributed by atoms with Gasteiger partial charge in [-0.15, -0.1) is 11.3 Å². The lowest BCUT2D eigenvalue weighted by Crippen LogP contribution is -2.21. The quantitative estimate of drug-likeness (QED) is 0.719. The number of oxazole rings is 1. The number of likely N-dealkylation sites (N-methyl/N-ethyl adjacent to an activating group) is 1. The number of nitrogens with one attached hydrogen (secondary N) is 1. The molecule has 6 nitrogen and oxygen atoms in total. The number of carbonyl (C=O) groups is 1. The minimum atomic E-state index is -0.316. The van der Waals surface area contributed by atoms with E-state index < -0.39 is 0 Å². The van der Waals surface area contributed by atoms with Crippen LogP contribution in [0.15, 0.2) is 52.6 Å². The van der Waals surface area contributed by atoms with Crippen molar-refractivity contribution in [3.05, 3.63) is 53.9 Å². The molecule has 0 fully saturated rings. The average molecular weight is 343 g/mol. The number of aliphatic hydroxyl groups is 1. The topological polar surface area (TPSA) is 78.6 Å². The molecule has 0 unspecified atom stereocenters. The summed E-state index contributed by atoms with van der Waals surface area (Å²) in [6.07, 6.45) is 1.27. The monoisotopic (exact) mass is 343 g/mol. The molecule has 1 aromatic carbocycles. The largest absolute Gasteiger partial charge is 0.442 e. The minimum absolute atomic E-state index is 0.0899. The molecule has 2 heterocycles. The zero-order valence-electron chi connectivity index (χ0n) is 13.1. The molecule has 0 aliphatic heterocycles. The smallest absolute Gasteiger partial charge is 0.278 e. The van der Waals surface area contributed by atoms with Crippen LogP contribution in [-0.4, -0.2) is 36.2 Å². The maximum atomic E-state index is 12.4. The summed E-state index contributed by atoms with van der Waals surface area (Å²) in [7, 11) is 1.90. The lowest BCUT2D eigenvalue weighted by Gasteiger charge is -2.18. The highest BCUT2D eigenvalue weighted by Gasteiger charge is 2.19. The standard InChI is InChI=1S/C17H17N3O3S/c1-20(8-9-21)13-6-4-12(5-7-13)19-17(22)15-16(23-11-18-15)14-3-2-10-24-14/h2-7,10-11,21H,8-9H2,1H3,(H,19,22). The molecule has 0 aliphatic carbocycles. The fourth-order valence-electron chi connectivity index (χ4n) is 2.26. The number of hydrogen-bond acceptors (Lipinski definition) is 6. The summed E-state index contributed by atoms with van der Waals surface area (Å²) in [5, 5.41) is 13.7. The number of aliphatic hydroxyl groups excluding tert-OH is 1. The van der Waals surface area contributed by atoms with Gasteiger partial charge in [0.2, 0.25) is 0 Å². The number of thiophene rings is 1. The molecule has 0 saturated heterocycles. The normalized spacial score (nSPS) is 10.6. The van der Waals surface area contributed by atoms with Gasteiger partial charge in [0, 0.05) is 25.0 Å². The Labute approximate surface area is 143 Å². The number of rotatable bonds is 6. The first-order valence-electron chi connectivity index (χ1n) is 7.40. The van der Waals surface area contributed by atoms with E-state index in [0.717, 1.165) is 10.6 Å². The predicted molar refractivity (Wildman–Crippen MR) is 94.6 cm³/mol. The third-order valence-corrected chi connectivity index (χ3v) is 4.40. The van der Waals surface area contributed by atoms with Gasteiger partial charge in [-0.05, 0) is 35.7 Å². The first-order chi connectivity index (χ1) is 11.7. The van der Waals surface area contributed by atoms with E-state index >= 15 is 0 Å². The van der Waals surface area contributed by atoms with E-state index in [1.165, 1.54) is 17.7 Å². The average Bonchev–Trinajstić information content (AvgIpc) is 3.26. The van der Waals surface area contributed by atoms with Crippen molar-refractivity contribution in [3.8, 4) is 10.6 Å². The predicted octanol–water partition coefficient (Wildman–Crippen LogP) is 3.08. The molecule has 0 radical (unpaired) electrons. The molecule has 24 heavy (non-hydrogen) atoms. The zero-order chi connectivity index (χ0) is 16.9. The van der Waals surface area contributed by atoms with Gasteiger partial charge in [0.25, 0.3) is 5.91 Å². The third-order valence-electron chi connectivity index (χ3n) is 3.53. The summed E-state index contributed by atoms with van der Waals surface area (Å²) < 4.78 is 5.35. The Bertz CT molecular complexity index is 797. The second-order valence-electron chi connectivity index (χ2n) is 5.15. The SMILES string of the molecule is CN(CCO)c1ccc(NC(=O)c2ncoc2-c2cccs2)cc1. The highest BCUT2D eigenvalue weighted by molar-refractivity contribution is 7.13. The molecule has 0 atom stereocenters. The van der Waals surface area contributed by atoms with Gasteiger partial charge in [-0.1, -0.05) is 6.07 Å². The molecule has 0 bridgehead atoms. The van der Waals surface area contributed by atoms with Crippen molar-refractivity contribution < 1.29 is 14.3 Å². The number of hydrogen-bond donors (Lipinski definition) is 2. The molecular formula is C17H17N3O3S. The third kappa shape index (κ3) is 3.47. The van der Waals surface area contributed by atoms with Crippen LogP contribution < -0.4 is 10.2 Å². The first-order valence-corrected chi connectivity index (χ1v) is 8.28. The number of aromatic nitrogens is 1. The fraction of sp³-hybridized carbons (Fsp3) is 0.176. The van der Waals surface area contributed by atoms with Crippen LogP contribution in [0, 0.1) is 0 Å². The van der Waals surface area contributed by atoms with Crippen molar-refractivity contribution in [2.45, 2.75) is 0 Å². The Balaban J connectivity index is 1.73. The maximum Gasteiger partial charge on any atom is 0.278 e. The van der Waals surface area contributed by atoms with Crippen LogP contribution in [0.3, 0.4) is 0 Å². The number of anilines is 2. The number of benzene rings is 1. The lowest BCUT2D eigenvalue weighted by atomic mass is 10.2. The molecule has 1 amide bonds. The van der Waals surface area contributed by atoms with Crippen molar-refractivity contribution in [2.75, 3.05) is 30.4 Å². The van der Waals surface area contributed by atoms with Gasteiger partial charge in [0.05, 0.1) is 11.5 Å². The van der Waals surface area contributed by atoms with Crippen LogP contribution in [0.1, 0.15) is 10.5 Å². The maximum absolute atomic E-state index is 12.4. The number of amides is 1. The Morgan fingerprint density at radius 1 is 1.33 bits per heavy atom. The Morgan fingerprint density at radius 3 is 2.79 bits per heavy atom. The summed E-state index contributed by atoms with van der Waals surface area (Å²) in [4.78, 5) is 19.3. The van der Waals surface area contributed by atoms with Crippen molar-refractivity contribution in [1.82, 2.24) is 4.98 Å². The molecule has 7 heteroatoms. The van der Waals surface area contributed by atoms with Crippen molar-refractivity contribution in [3.63, 3.8) is 0 Å². The van der Waals surface area contributed by atoms with Crippen LogP contribution in [0.2, 0.25) is 0 Å². The van der Waals surface area contributed by atoms with E-state index in [0.29, 0.717) is 18.0 Å². The summed E-state index contributed by atoms with van der Waals surface area (Å²) in [5.41, 5.74) is 1.89. The Kier molecular flexibility index (Phi) is 4.93. The van der Waals surface area contributed by atoms with Gasteiger partial charge in [0.15, 0.2) is 17.8 Å².